The fourth-order valence-electron chi connectivity index (χ4n) is 0.799. The van der Waals surface area contributed by atoms with E-state index in [-0.39, 0.29) is 11.9 Å². The summed E-state index contributed by atoms with van der Waals surface area (Å²) in [4.78, 5) is 11.3. The Hall–Kier alpha value is -0.136. The summed E-state index contributed by atoms with van der Waals surface area (Å²) < 4.78 is 10.8. The summed E-state index contributed by atoms with van der Waals surface area (Å²) in [5.74, 6) is -0.0601. The van der Waals surface area contributed by atoms with E-state index in [0.29, 0.717) is 6.23 Å². The molecule has 5 heteroatoms. The number of esters is 1. The van der Waals surface area contributed by atoms with Gasteiger partial charge in [0.05, 0.1) is 5.92 Å². The van der Waals surface area contributed by atoms with Crippen LogP contribution < -0.4 is 0 Å². The van der Waals surface area contributed by atoms with Crippen LogP contribution in [0.2, 0.25) is 19.6 Å². The third kappa shape index (κ3) is 7.28. The summed E-state index contributed by atoms with van der Waals surface area (Å²) >= 11 is 0. The van der Waals surface area contributed by atoms with Gasteiger partial charge in [-0.1, -0.05) is 13.8 Å². The molecule has 0 N–H and O–H groups in total. The molecule has 0 spiro atoms. The van der Waals surface area contributed by atoms with Crippen molar-refractivity contribution >= 4 is 24.0 Å². The minimum absolute atomic E-state index is 0.0240. The average molecular weight is 234 g/mol. The third-order valence-electron chi connectivity index (χ3n) is 1.88. The van der Waals surface area contributed by atoms with Gasteiger partial charge < -0.3 is 8.85 Å². The Morgan fingerprint density at radius 3 is 2.43 bits per heavy atom. The van der Waals surface area contributed by atoms with E-state index in [1.807, 2.05) is 13.8 Å². The van der Waals surface area contributed by atoms with Gasteiger partial charge in [0, 0.05) is 0 Å². The number of rotatable bonds is 6. The number of carbonyl (C=O) groups excluding carboxylic acids is 1. The van der Waals surface area contributed by atoms with Gasteiger partial charge in [0.2, 0.25) is 0 Å². The van der Waals surface area contributed by atoms with E-state index in [4.69, 9.17) is 8.85 Å². The largest absolute Gasteiger partial charge is 0.467 e. The first-order chi connectivity index (χ1) is 6.37. The maximum Gasteiger partial charge on any atom is 0.308 e. The molecule has 1 unspecified atom stereocenters. The molecule has 0 aromatic carbocycles. The highest BCUT2D eigenvalue weighted by molar-refractivity contribution is 6.73. The first-order valence-electron chi connectivity index (χ1n) is 5.17. The molecule has 1 atom stereocenters. The van der Waals surface area contributed by atoms with Crippen molar-refractivity contribution in [2.75, 3.05) is 6.23 Å². The number of hydrogen-bond acceptors (Lipinski definition) is 3. The van der Waals surface area contributed by atoms with Crippen LogP contribution in [0.25, 0.3) is 0 Å². The van der Waals surface area contributed by atoms with E-state index in [9.17, 15) is 4.79 Å². The Morgan fingerprint density at radius 2 is 2.00 bits per heavy atom. The lowest BCUT2D eigenvalue weighted by Crippen LogP contribution is -2.30. The zero-order valence-electron chi connectivity index (χ0n) is 9.92. The van der Waals surface area contributed by atoms with Gasteiger partial charge in [0.25, 0.3) is 0 Å². The van der Waals surface area contributed by atoms with Crippen LogP contribution in [0.4, 0.5) is 0 Å². The van der Waals surface area contributed by atoms with Crippen molar-refractivity contribution in [3.05, 3.63) is 0 Å². The molecule has 0 radical (unpaired) electrons. The Labute approximate surface area is 90.2 Å². The highest BCUT2D eigenvalue weighted by Gasteiger charge is 2.15. The summed E-state index contributed by atoms with van der Waals surface area (Å²) in [5.41, 5.74) is 0. The first kappa shape index (κ1) is 13.9. The molecule has 0 fully saturated rings. The van der Waals surface area contributed by atoms with E-state index in [1.165, 1.54) is 0 Å². The van der Waals surface area contributed by atoms with Crippen molar-refractivity contribution < 1.29 is 13.6 Å². The standard InChI is InChI=1S/C9H22O3Si2/c1-6-8(2)9(10)11-7-13-12-14(3,4)5/h8H,6-7,13H2,1-5H3. The molecule has 0 heterocycles. The molecular formula is C9H22O3Si2. The highest BCUT2D eigenvalue weighted by atomic mass is 28.4. The Balaban J connectivity index is 3.51. The zero-order valence-corrected chi connectivity index (χ0v) is 12.3. The topological polar surface area (TPSA) is 35.5 Å². The van der Waals surface area contributed by atoms with Gasteiger partial charge in [-0.15, -0.1) is 0 Å². The van der Waals surface area contributed by atoms with Crippen molar-refractivity contribution in [3.63, 3.8) is 0 Å². The molecule has 0 rings (SSSR count). The average Bonchev–Trinajstić information content (AvgIpc) is 2.09. The van der Waals surface area contributed by atoms with Gasteiger partial charge in [-0.3, -0.25) is 4.79 Å². The number of ether oxygens (including phenoxy) is 1. The molecule has 0 amide bonds. The number of carbonyl (C=O) groups is 1. The Kier molecular flexibility index (Phi) is 6.30. The van der Waals surface area contributed by atoms with Crippen molar-refractivity contribution in [1.29, 1.82) is 0 Å². The molecule has 0 aliphatic heterocycles. The monoisotopic (exact) mass is 234 g/mol. The SMILES string of the molecule is CCC(C)C(=O)OC[SiH2]O[Si](C)(C)C. The van der Waals surface area contributed by atoms with Crippen LogP contribution in [0.15, 0.2) is 0 Å². The van der Waals surface area contributed by atoms with Crippen LogP contribution in [0.1, 0.15) is 20.3 Å². The molecule has 0 saturated carbocycles. The van der Waals surface area contributed by atoms with Gasteiger partial charge in [0.15, 0.2) is 18.1 Å². The lowest BCUT2D eigenvalue weighted by Gasteiger charge is -2.17. The van der Waals surface area contributed by atoms with Gasteiger partial charge in [-0.2, -0.15) is 0 Å². The second-order valence-electron chi connectivity index (χ2n) is 4.44. The van der Waals surface area contributed by atoms with E-state index in [1.54, 1.807) is 0 Å². The fourth-order valence-corrected chi connectivity index (χ4v) is 3.87. The van der Waals surface area contributed by atoms with Gasteiger partial charge >= 0.3 is 5.97 Å². The van der Waals surface area contributed by atoms with E-state index in [0.717, 1.165) is 6.42 Å². The van der Waals surface area contributed by atoms with Crippen LogP contribution in [-0.2, 0) is 13.6 Å². The summed E-state index contributed by atoms with van der Waals surface area (Å²) in [7, 11) is -2.05. The molecule has 0 aliphatic rings. The lowest BCUT2D eigenvalue weighted by molar-refractivity contribution is -0.146. The van der Waals surface area contributed by atoms with Crippen LogP contribution >= 0.6 is 0 Å². The van der Waals surface area contributed by atoms with E-state index in [2.05, 4.69) is 19.6 Å². The zero-order chi connectivity index (χ0) is 11.2. The predicted molar refractivity (Wildman–Crippen MR) is 63.4 cm³/mol. The number of hydrogen-bond donors (Lipinski definition) is 0. The third-order valence-corrected chi connectivity index (χ3v) is 6.53. The summed E-state index contributed by atoms with van der Waals surface area (Å²) in [6.07, 6.45) is 1.36. The van der Waals surface area contributed by atoms with Gasteiger partial charge in [-0.05, 0) is 26.1 Å². The Morgan fingerprint density at radius 1 is 1.43 bits per heavy atom. The highest BCUT2D eigenvalue weighted by Crippen LogP contribution is 2.04. The molecule has 0 aromatic rings. The lowest BCUT2D eigenvalue weighted by atomic mass is 10.1. The molecule has 0 aromatic heterocycles. The van der Waals surface area contributed by atoms with E-state index >= 15 is 0 Å². The van der Waals surface area contributed by atoms with Crippen molar-refractivity contribution in [2.45, 2.75) is 39.9 Å². The van der Waals surface area contributed by atoms with Crippen LogP contribution in [0.5, 0.6) is 0 Å². The quantitative estimate of drug-likeness (QED) is 0.397. The molecular weight excluding hydrogens is 212 g/mol. The summed E-state index contributed by atoms with van der Waals surface area (Å²) in [6, 6.07) is 0. The van der Waals surface area contributed by atoms with Crippen molar-refractivity contribution in [2.24, 2.45) is 5.92 Å². The molecule has 3 nitrogen and oxygen atoms in total. The van der Waals surface area contributed by atoms with Crippen molar-refractivity contribution in [3.8, 4) is 0 Å². The second kappa shape index (κ2) is 6.37. The smallest absolute Gasteiger partial charge is 0.308 e. The van der Waals surface area contributed by atoms with Crippen LogP contribution in [-0.4, -0.2) is 30.3 Å². The van der Waals surface area contributed by atoms with Gasteiger partial charge in [0.1, 0.15) is 6.23 Å². The van der Waals surface area contributed by atoms with Gasteiger partial charge in [-0.25, -0.2) is 0 Å². The van der Waals surface area contributed by atoms with Crippen LogP contribution in [0, 0.1) is 5.92 Å². The molecule has 84 valence electrons. The summed E-state index contributed by atoms with van der Waals surface area (Å²) in [5, 5.41) is 0. The van der Waals surface area contributed by atoms with Crippen LogP contribution in [0.3, 0.4) is 0 Å². The minimum Gasteiger partial charge on any atom is -0.467 e. The van der Waals surface area contributed by atoms with Crippen molar-refractivity contribution in [1.82, 2.24) is 0 Å². The maximum atomic E-state index is 11.3. The first-order valence-corrected chi connectivity index (χ1v) is 10.2. The normalized spacial score (nSPS) is 14.6. The fraction of sp³-hybridized carbons (Fsp3) is 0.889. The minimum atomic E-state index is -1.39. The summed E-state index contributed by atoms with van der Waals surface area (Å²) in [6.45, 7) is 10.3. The second-order valence-corrected chi connectivity index (χ2v) is 10.6. The molecule has 0 aliphatic carbocycles. The van der Waals surface area contributed by atoms with E-state index < -0.39 is 18.1 Å². The molecule has 0 bridgehead atoms. The maximum absolute atomic E-state index is 11.3. The Bertz CT molecular complexity index is 177. The molecule has 14 heavy (non-hydrogen) atoms. The molecule has 0 saturated heterocycles. The predicted octanol–water partition coefficient (Wildman–Crippen LogP) is 1.47.